The topological polar surface area (TPSA) is 67.4 Å². The Kier molecular flexibility index (Phi) is 5.70. The van der Waals surface area contributed by atoms with E-state index >= 15 is 0 Å². The second-order valence-electron chi connectivity index (χ2n) is 4.91. The van der Waals surface area contributed by atoms with Crippen LogP contribution in [0.5, 0.6) is 0 Å². The van der Waals surface area contributed by atoms with Gasteiger partial charge in [0.15, 0.2) is 0 Å². The molecule has 0 radical (unpaired) electrons. The van der Waals surface area contributed by atoms with Crippen molar-refractivity contribution in [2.24, 2.45) is 0 Å². The lowest BCUT2D eigenvalue weighted by molar-refractivity contribution is -0.121. The van der Waals surface area contributed by atoms with E-state index in [1.807, 2.05) is 6.92 Å². The first-order chi connectivity index (χ1) is 9.40. The van der Waals surface area contributed by atoms with Crippen molar-refractivity contribution in [3.05, 3.63) is 29.8 Å². The number of benzene rings is 1. The Morgan fingerprint density at radius 3 is 2.55 bits per heavy atom. The van der Waals surface area contributed by atoms with E-state index in [2.05, 4.69) is 10.6 Å². The maximum atomic E-state index is 12.1. The third-order valence-electron chi connectivity index (χ3n) is 2.82. The number of anilines is 1. The highest BCUT2D eigenvalue weighted by Crippen LogP contribution is 2.14. The van der Waals surface area contributed by atoms with E-state index in [1.165, 1.54) is 0 Å². The molecule has 20 heavy (non-hydrogen) atoms. The number of ether oxygens (including phenoxy) is 1. The fourth-order valence-electron chi connectivity index (χ4n) is 1.75. The van der Waals surface area contributed by atoms with Gasteiger partial charge >= 0.3 is 5.97 Å². The first-order valence-electron chi connectivity index (χ1n) is 6.74. The zero-order valence-corrected chi connectivity index (χ0v) is 12.4. The average Bonchev–Trinajstić information content (AvgIpc) is 2.39. The number of nitrogens with one attached hydrogen (secondary N) is 2. The summed E-state index contributed by atoms with van der Waals surface area (Å²) in [5, 5.41) is 5.89. The van der Waals surface area contributed by atoms with Crippen LogP contribution in [-0.2, 0) is 9.53 Å². The van der Waals surface area contributed by atoms with Crippen molar-refractivity contribution in [3.63, 3.8) is 0 Å². The molecule has 0 aliphatic heterocycles. The van der Waals surface area contributed by atoms with Gasteiger partial charge in [0.2, 0.25) is 5.91 Å². The monoisotopic (exact) mass is 278 g/mol. The zero-order valence-electron chi connectivity index (χ0n) is 12.4. The second-order valence-corrected chi connectivity index (χ2v) is 4.91. The smallest absolute Gasteiger partial charge is 0.338 e. The number of amides is 1. The lowest BCUT2D eigenvalue weighted by Crippen LogP contribution is -2.49. The summed E-state index contributed by atoms with van der Waals surface area (Å²) in [7, 11) is 0. The number of carbonyl (C=O) groups excluding carboxylic acids is 2. The molecular formula is C15H22N2O3. The van der Waals surface area contributed by atoms with Crippen molar-refractivity contribution in [3.8, 4) is 0 Å². The van der Waals surface area contributed by atoms with Crippen molar-refractivity contribution < 1.29 is 14.3 Å². The van der Waals surface area contributed by atoms with Gasteiger partial charge < -0.3 is 15.4 Å². The van der Waals surface area contributed by atoms with E-state index in [-0.39, 0.29) is 5.91 Å². The van der Waals surface area contributed by atoms with Gasteiger partial charge in [0.1, 0.15) is 0 Å². The van der Waals surface area contributed by atoms with Crippen LogP contribution in [0.3, 0.4) is 0 Å². The molecule has 0 aliphatic rings. The molecule has 0 atom stereocenters. The highest BCUT2D eigenvalue weighted by atomic mass is 16.5. The van der Waals surface area contributed by atoms with Gasteiger partial charge in [-0.25, -0.2) is 4.79 Å². The molecule has 1 aromatic rings. The maximum absolute atomic E-state index is 12.1. The number of likely N-dealkylation sites (N-methyl/N-ethyl adjacent to an activating group) is 1. The lowest BCUT2D eigenvalue weighted by Gasteiger charge is -2.24. The van der Waals surface area contributed by atoms with Crippen molar-refractivity contribution in [1.82, 2.24) is 5.32 Å². The number of hydrogen-bond donors (Lipinski definition) is 2. The third kappa shape index (κ3) is 4.35. The van der Waals surface area contributed by atoms with Crippen molar-refractivity contribution in [1.29, 1.82) is 0 Å². The van der Waals surface area contributed by atoms with Gasteiger partial charge in [0.25, 0.3) is 0 Å². The number of esters is 1. The molecule has 1 amide bonds. The van der Waals surface area contributed by atoms with Crippen LogP contribution in [0.25, 0.3) is 0 Å². The van der Waals surface area contributed by atoms with Crippen LogP contribution in [0.2, 0.25) is 0 Å². The van der Waals surface area contributed by atoms with E-state index in [0.29, 0.717) is 24.4 Å². The van der Waals surface area contributed by atoms with Crippen molar-refractivity contribution in [2.75, 3.05) is 18.5 Å². The minimum absolute atomic E-state index is 0.152. The minimum atomic E-state index is -0.672. The van der Waals surface area contributed by atoms with Crippen LogP contribution in [0, 0.1) is 0 Å². The van der Waals surface area contributed by atoms with Crippen LogP contribution < -0.4 is 10.6 Å². The zero-order chi connectivity index (χ0) is 15.2. The molecule has 1 aromatic carbocycles. The van der Waals surface area contributed by atoms with Gasteiger partial charge in [0.05, 0.1) is 17.7 Å². The van der Waals surface area contributed by atoms with Crippen LogP contribution in [0.4, 0.5) is 5.69 Å². The maximum Gasteiger partial charge on any atom is 0.338 e. The highest BCUT2D eigenvalue weighted by Gasteiger charge is 2.26. The molecule has 0 saturated carbocycles. The summed E-state index contributed by atoms with van der Waals surface area (Å²) in [6.45, 7) is 8.33. The Morgan fingerprint density at radius 1 is 1.25 bits per heavy atom. The predicted molar refractivity (Wildman–Crippen MR) is 78.8 cm³/mol. The standard InChI is InChI=1S/C15H22N2O3/c1-5-16-15(3,4)14(19)17-12-9-7-8-11(10-12)13(18)20-6-2/h7-10,16H,5-6H2,1-4H3,(H,17,19). The fourth-order valence-corrected chi connectivity index (χ4v) is 1.75. The van der Waals surface area contributed by atoms with Crippen LogP contribution in [0.15, 0.2) is 24.3 Å². The molecule has 5 nitrogen and oxygen atoms in total. The predicted octanol–water partition coefficient (Wildman–Crippen LogP) is 2.19. The summed E-state index contributed by atoms with van der Waals surface area (Å²) in [6.07, 6.45) is 0. The van der Waals surface area contributed by atoms with Crippen molar-refractivity contribution in [2.45, 2.75) is 33.2 Å². The van der Waals surface area contributed by atoms with Crippen molar-refractivity contribution >= 4 is 17.6 Å². The quantitative estimate of drug-likeness (QED) is 0.783. The van der Waals surface area contributed by atoms with E-state index in [4.69, 9.17) is 4.74 Å². The summed E-state index contributed by atoms with van der Waals surface area (Å²) in [6, 6.07) is 6.71. The van der Waals surface area contributed by atoms with Gasteiger partial charge in [0, 0.05) is 5.69 Å². The molecule has 0 unspecified atom stereocenters. The van der Waals surface area contributed by atoms with Crippen LogP contribution >= 0.6 is 0 Å². The van der Waals surface area contributed by atoms with Crippen LogP contribution in [-0.4, -0.2) is 30.6 Å². The fraction of sp³-hybridized carbons (Fsp3) is 0.467. The molecule has 0 fully saturated rings. The summed E-state index contributed by atoms with van der Waals surface area (Å²) in [5.41, 5.74) is 0.326. The van der Waals surface area contributed by atoms with Gasteiger partial charge in [-0.2, -0.15) is 0 Å². The Hall–Kier alpha value is -1.88. The molecule has 0 aliphatic carbocycles. The Balaban J connectivity index is 2.81. The summed E-state index contributed by atoms with van der Waals surface area (Å²) >= 11 is 0. The third-order valence-corrected chi connectivity index (χ3v) is 2.82. The molecule has 1 rings (SSSR count). The molecule has 0 aromatic heterocycles. The Bertz CT molecular complexity index is 484. The van der Waals surface area contributed by atoms with Gasteiger partial charge in [-0.3, -0.25) is 4.79 Å². The molecule has 0 spiro atoms. The number of rotatable bonds is 6. The lowest BCUT2D eigenvalue weighted by atomic mass is 10.0. The Morgan fingerprint density at radius 2 is 1.95 bits per heavy atom. The number of carbonyl (C=O) groups is 2. The molecule has 0 heterocycles. The molecule has 5 heteroatoms. The molecular weight excluding hydrogens is 256 g/mol. The molecule has 110 valence electrons. The van der Waals surface area contributed by atoms with Crippen LogP contribution in [0.1, 0.15) is 38.1 Å². The molecule has 0 saturated heterocycles. The molecule has 0 bridgehead atoms. The SMILES string of the molecule is CCNC(C)(C)C(=O)Nc1cccc(C(=O)OCC)c1. The largest absolute Gasteiger partial charge is 0.462 e. The summed E-state index contributed by atoms with van der Waals surface area (Å²) in [5.74, 6) is -0.546. The number of hydrogen-bond acceptors (Lipinski definition) is 4. The van der Waals surface area contributed by atoms with Gasteiger partial charge in [-0.05, 0) is 45.5 Å². The summed E-state index contributed by atoms with van der Waals surface area (Å²) < 4.78 is 4.93. The first-order valence-corrected chi connectivity index (χ1v) is 6.74. The van der Waals surface area contributed by atoms with Gasteiger partial charge in [-0.1, -0.05) is 13.0 Å². The second kappa shape index (κ2) is 7.05. The molecule has 2 N–H and O–H groups in total. The first kappa shape index (κ1) is 16.2. The summed E-state index contributed by atoms with van der Waals surface area (Å²) in [4.78, 5) is 23.8. The van der Waals surface area contributed by atoms with E-state index < -0.39 is 11.5 Å². The van der Waals surface area contributed by atoms with E-state index in [0.717, 1.165) is 0 Å². The average molecular weight is 278 g/mol. The van der Waals surface area contributed by atoms with Gasteiger partial charge in [-0.15, -0.1) is 0 Å². The van der Waals surface area contributed by atoms with E-state index in [1.54, 1.807) is 45.0 Å². The Labute approximate surface area is 119 Å². The normalized spacial score (nSPS) is 11.0. The van der Waals surface area contributed by atoms with E-state index in [9.17, 15) is 9.59 Å². The minimum Gasteiger partial charge on any atom is -0.462 e. The highest BCUT2D eigenvalue weighted by molar-refractivity contribution is 5.98.